The Labute approximate surface area is 161 Å². The minimum absolute atomic E-state index is 0.209. The van der Waals surface area contributed by atoms with Crippen molar-refractivity contribution in [1.29, 1.82) is 0 Å². The van der Waals surface area contributed by atoms with Crippen molar-refractivity contribution in [1.82, 2.24) is 9.78 Å². The van der Waals surface area contributed by atoms with Crippen LogP contribution in [-0.2, 0) is 0 Å². The van der Waals surface area contributed by atoms with E-state index in [1.54, 1.807) is 43.3 Å². The van der Waals surface area contributed by atoms with E-state index in [0.717, 1.165) is 5.56 Å². The number of halogens is 1. The molecule has 138 valence electrons. The third-order valence-corrected chi connectivity index (χ3v) is 4.25. The molecule has 7 heteroatoms. The number of nitrogens with one attached hydrogen (secondary N) is 1. The highest BCUT2D eigenvalue weighted by Gasteiger charge is 2.17. The van der Waals surface area contributed by atoms with E-state index in [2.05, 4.69) is 10.4 Å². The lowest BCUT2D eigenvalue weighted by atomic mass is 10.2. The molecule has 0 unspecified atom stereocenters. The first-order chi connectivity index (χ1) is 12.9. The van der Waals surface area contributed by atoms with Gasteiger partial charge in [0.2, 0.25) is 5.43 Å². The van der Waals surface area contributed by atoms with Gasteiger partial charge in [-0.25, -0.2) is 4.68 Å². The Morgan fingerprint density at radius 1 is 1.11 bits per heavy atom. The van der Waals surface area contributed by atoms with E-state index in [0.29, 0.717) is 27.8 Å². The fourth-order valence-electron chi connectivity index (χ4n) is 2.65. The molecule has 0 aliphatic rings. The van der Waals surface area contributed by atoms with Crippen LogP contribution in [0.1, 0.15) is 21.7 Å². The predicted octanol–water partition coefficient (Wildman–Crippen LogP) is 3.76. The number of methoxy groups -OCH3 is 1. The molecular formula is C20H18ClN3O3. The van der Waals surface area contributed by atoms with Gasteiger partial charge in [0, 0.05) is 16.8 Å². The van der Waals surface area contributed by atoms with Gasteiger partial charge in [0.05, 0.1) is 18.5 Å². The van der Waals surface area contributed by atoms with Crippen molar-refractivity contribution in [3.05, 3.63) is 80.7 Å². The monoisotopic (exact) mass is 383 g/mol. The zero-order valence-electron chi connectivity index (χ0n) is 15.1. The van der Waals surface area contributed by atoms with Gasteiger partial charge in [-0.05, 0) is 55.8 Å². The zero-order valence-corrected chi connectivity index (χ0v) is 15.9. The predicted molar refractivity (Wildman–Crippen MR) is 105 cm³/mol. The van der Waals surface area contributed by atoms with Crippen LogP contribution < -0.4 is 15.5 Å². The first kappa shape index (κ1) is 18.7. The molecule has 0 saturated carbocycles. The summed E-state index contributed by atoms with van der Waals surface area (Å²) in [6.45, 7) is 3.64. The second-order valence-corrected chi connectivity index (χ2v) is 6.48. The van der Waals surface area contributed by atoms with Crippen LogP contribution in [0, 0.1) is 13.8 Å². The van der Waals surface area contributed by atoms with Crippen LogP contribution in [-0.4, -0.2) is 22.8 Å². The van der Waals surface area contributed by atoms with E-state index in [-0.39, 0.29) is 5.69 Å². The molecule has 0 aliphatic heterocycles. The minimum Gasteiger partial charge on any atom is -0.495 e. The number of amides is 1. The lowest BCUT2D eigenvalue weighted by molar-refractivity contribution is 0.101. The number of benzene rings is 2. The Bertz CT molecular complexity index is 1060. The summed E-state index contributed by atoms with van der Waals surface area (Å²) in [5.41, 5.74) is 2.05. The van der Waals surface area contributed by atoms with E-state index in [9.17, 15) is 9.59 Å². The number of aryl methyl sites for hydroxylation is 2. The molecular weight excluding hydrogens is 366 g/mol. The van der Waals surface area contributed by atoms with Crippen molar-refractivity contribution in [3.8, 4) is 11.4 Å². The van der Waals surface area contributed by atoms with E-state index < -0.39 is 11.3 Å². The lowest BCUT2D eigenvalue weighted by Crippen LogP contribution is -2.27. The number of ether oxygens (including phenoxy) is 1. The molecule has 27 heavy (non-hydrogen) atoms. The largest absolute Gasteiger partial charge is 0.495 e. The third-order valence-electron chi connectivity index (χ3n) is 4.00. The van der Waals surface area contributed by atoms with Crippen LogP contribution in [0.5, 0.6) is 5.75 Å². The Balaban J connectivity index is 2.00. The van der Waals surface area contributed by atoms with Crippen molar-refractivity contribution in [2.45, 2.75) is 13.8 Å². The molecule has 1 heterocycles. The molecule has 3 rings (SSSR count). The molecule has 0 radical (unpaired) electrons. The molecule has 0 aliphatic carbocycles. The van der Waals surface area contributed by atoms with Gasteiger partial charge < -0.3 is 10.1 Å². The van der Waals surface area contributed by atoms with E-state index in [1.807, 2.05) is 13.0 Å². The van der Waals surface area contributed by atoms with Gasteiger partial charge in [-0.3, -0.25) is 9.59 Å². The summed E-state index contributed by atoms with van der Waals surface area (Å²) >= 11 is 5.92. The fraction of sp³-hybridized carbons (Fsp3) is 0.150. The number of hydrogen-bond acceptors (Lipinski definition) is 4. The van der Waals surface area contributed by atoms with Crippen LogP contribution in [0.2, 0.25) is 5.02 Å². The molecule has 0 saturated heterocycles. The molecule has 2 aromatic carbocycles. The maximum absolute atomic E-state index is 12.7. The van der Waals surface area contributed by atoms with Crippen molar-refractivity contribution in [2.75, 3.05) is 12.4 Å². The highest BCUT2D eigenvalue weighted by molar-refractivity contribution is 6.30. The molecule has 0 spiro atoms. The number of carbonyl (C=O) groups excluding carboxylic acids is 1. The van der Waals surface area contributed by atoms with Gasteiger partial charge in [0.25, 0.3) is 5.91 Å². The number of rotatable bonds is 4. The summed E-state index contributed by atoms with van der Waals surface area (Å²) in [6.07, 6.45) is 0. The van der Waals surface area contributed by atoms with Gasteiger partial charge in [-0.1, -0.05) is 17.7 Å². The first-order valence-electron chi connectivity index (χ1n) is 8.22. The quantitative estimate of drug-likeness (QED) is 0.744. The van der Waals surface area contributed by atoms with Crippen LogP contribution >= 0.6 is 11.6 Å². The zero-order chi connectivity index (χ0) is 19.6. The summed E-state index contributed by atoms with van der Waals surface area (Å²) < 4.78 is 6.79. The average molecular weight is 384 g/mol. The highest BCUT2D eigenvalue weighted by atomic mass is 35.5. The molecule has 3 aromatic rings. The first-order valence-corrected chi connectivity index (χ1v) is 8.60. The molecule has 6 nitrogen and oxygen atoms in total. The summed E-state index contributed by atoms with van der Waals surface area (Å²) in [7, 11) is 1.51. The lowest BCUT2D eigenvalue weighted by Gasteiger charge is -2.13. The molecule has 1 N–H and O–H groups in total. The SMILES string of the molecule is COc1ccc(C)cc1NC(=O)c1nn(-c2ccc(Cl)cc2)c(C)cc1=O. The topological polar surface area (TPSA) is 73.2 Å². The molecule has 0 atom stereocenters. The number of aromatic nitrogens is 2. The van der Waals surface area contributed by atoms with E-state index >= 15 is 0 Å². The standard InChI is InChI=1S/C20H18ClN3O3/c1-12-4-9-18(27-3)16(10-12)22-20(26)19-17(25)11-13(2)24(23-19)15-7-5-14(21)6-8-15/h4-11H,1-3H3,(H,22,26). The average Bonchev–Trinajstić information content (AvgIpc) is 2.63. The van der Waals surface area contributed by atoms with Crippen molar-refractivity contribution in [2.24, 2.45) is 0 Å². The minimum atomic E-state index is -0.605. The maximum Gasteiger partial charge on any atom is 0.280 e. The normalized spacial score (nSPS) is 10.5. The number of hydrogen-bond donors (Lipinski definition) is 1. The van der Waals surface area contributed by atoms with E-state index in [4.69, 9.17) is 16.3 Å². The summed E-state index contributed by atoms with van der Waals surface area (Å²) in [5.74, 6) is -0.106. The summed E-state index contributed by atoms with van der Waals surface area (Å²) in [4.78, 5) is 25.0. The van der Waals surface area contributed by atoms with Crippen LogP contribution in [0.4, 0.5) is 5.69 Å². The van der Waals surface area contributed by atoms with Crippen molar-refractivity contribution < 1.29 is 9.53 Å². The van der Waals surface area contributed by atoms with Gasteiger partial charge in [-0.15, -0.1) is 0 Å². The van der Waals surface area contributed by atoms with Crippen LogP contribution in [0.15, 0.2) is 53.3 Å². The van der Waals surface area contributed by atoms with Crippen LogP contribution in [0.3, 0.4) is 0 Å². The second-order valence-electron chi connectivity index (χ2n) is 6.04. The fourth-order valence-corrected chi connectivity index (χ4v) is 2.78. The van der Waals surface area contributed by atoms with Gasteiger partial charge in [-0.2, -0.15) is 5.10 Å². The third kappa shape index (κ3) is 4.01. The number of nitrogens with zero attached hydrogens (tertiary/aromatic N) is 2. The molecule has 1 aromatic heterocycles. The maximum atomic E-state index is 12.7. The van der Waals surface area contributed by atoms with Gasteiger partial charge in [0.15, 0.2) is 5.69 Å². The number of carbonyl (C=O) groups is 1. The Kier molecular flexibility index (Phi) is 5.28. The Morgan fingerprint density at radius 3 is 2.48 bits per heavy atom. The van der Waals surface area contributed by atoms with Crippen LogP contribution in [0.25, 0.3) is 5.69 Å². The van der Waals surface area contributed by atoms with Gasteiger partial charge in [0.1, 0.15) is 5.75 Å². The smallest absolute Gasteiger partial charge is 0.280 e. The Morgan fingerprint density at radius 2 is 1.81 bits per heavy atom. The Hall–Kier alpha value is -3.12. The van der Waals surface area contributed by atoms with Gasteiger partial charge >= 0.3 is 0 Å². The molecule has 0 fully saturated rings. The summed E-state index contributed by atoms with van der Waals surface area (Å²) in [6, 6.07) is 13.7. The number of anilines is 1. The second kappa shape index (κ2) is 7.63. The van der Waals surface area contributed by atoms with Crippen molar-refractivity contribution in [3.63, 3.8) is 0 Å². The molecule has 0 bridgehead atoms. The van der Waals surface area contributed by atoms with E-state index in [1.165, 1.54) is 17.9 Å². The van der Waals surface area contributed by atoms with Crippen molar-refractivity contribution >= 4 is 23.2 Å². The highest BCUT2D eigenvalue weighted by Crippen LogP contribution is 2.25. The summed E-state index contributed by atoms with van der Waals surface area (Å²) in [5, 5.41) is 7.54. The molecule has 1 amide bonds.